The van der Waals surface area contributed by atoms with Gasteiger partial charge >= 0.3 is 0 Å². The highest BCUT2D eigenvalue weighted by Gasteiger charge is 2.09. The van der Waals surface area contributed by atoms with Crippen molar-refractivity contribution in [3.8, 4) is 5.75 Å². The summed E-state index contributed by atoms with van der Waals surface area (Å²) < 4.78 is 0. The second-order valence-electron chi connectivity index (χ2n) is 5.11. The van der Waals surface area contributed by atoms with Crippen LogP contribution in [0, 0.1) is 6.92 Å². The predicted molar refractivity (Wildman–Crippen MR) is 84.4 cm³/mol. The number of aromatic hydroxyl groups is 1. The number of rotatable bonds is 5. The molecule has 0 heterocycles. The van der Waals surface area contributed by atoms with Crippen LogP contribution in [0.25, 0.3) is 0 Å². The molecule has 2 rings (SSSR count). The predicted octanol–water partition coefficient (Wildman–Crippen LogP) is 4.25. The summed E-state index contributed by atoms with van der Waals surface area (Å²) in [4.78, 5) is 0. The smallest absolute Gasteiger partial charge is 0.120 e. The molecule has 0 radical (unpaired) electrons. The molecule has 0 aromatic heterocycles. The van der Waals surface area contributed by atoms with Gasteiger partial charge in [-0.2, -0.15) is 0 Å². The van der Waals surface area contributed by atoms with E-state index in [0.717, 1.165) is 29.1 Å². The molecule has 0 saturated heterocycles. The van der Waals surface area contributed by atoms with E-state index in [1.165, 1.54) is 5.56 Å². The molecule has 3 heteroatoms. The molecule has 0 bridgehead atoms. The summed E-state index contributed by atoms with van der Waals surface area (Å²) >= 11 is 5.86. The van der Waals surface area contributed by atoms with Gasteiger partial charge in [0.25, 0.3) is 0 Å². The molecular formula is C17H20ClNO. The van der Waals surface area contributed by atoms with Gasteiger partial charge in [0.2, 0.25) is 0 Å². The van der Waals surface area contributed by atoms with E-state index in [1.807, 2.05) is 43.3 Å². The maximum Gasteiger partial charge on any atom is 0.120 e. The van der Waals surface area contributed by atoms with Crippen LogP contribution in [-0.4, -0.2) is 11.7 Å². The van der Waals surface area contributed by atoms with Crippen LogP contribution in [0.4, 0.5) is 0 Å². The third kappa shape index (κ3) is 3.99. The zero-order valence-corrected chi connectivity index (χ0v) is 12.6. The Hall–Kier alpha value is -1.51. The van der Waals surface area contributed by atoms with Gasteiger partial charge in [-0.15, -0.1) is 0 Å². The number of phenols is 1. The lowest BCUT2D eigenvalue weighted by atomic mass is 10.0. The molecule has 1 unspecified atom stereocenters. The van der Waals surface area contributed by atoms with Gasteiger partial charge in [0.05, 0.1) is 0 Å². The molecule has 0 aliphatic rings. The molecular weight excluding hydrogens is 270 g/mol. The minimum atomic E-state index is 0.128. The number of phenolic OH excluding ortho intramolecular Hbond substituents is 1. The average Bonchev–Trinajstić information content (AvgIpc) is 2.41. The molecule has 0 saturated carbocycles. The Bertz CT molecular complexity index is 566. The molecule has 2 N–H and O–H groups in total. The molecule has 106 valence electrons. The summed E-state index contributed by atoms with van der Waals surface area (Å²) in [5.74, 6) is 0.358. The number of hydrogen-bond donors (Lipinski definition) is 2. The highest BCUT2D eigenvalue weighted by Crippen LogP contribution is 2.24. The third-order valence-corrected chi connectivity index (χ3v) is 3.68. The quantitative estimate of drug-likeness (QED) is 0.862. The minimum absolute atomic E-state index is 0.128. The molecule has 0 fully saturated rings. The first kappa shape index (κ1) is 14.9. The van der Waals surface area contributed by atoms with Crippen LogP contribution in [0.1, 0.15) is 29.7 Å². The van der Waals surface area contributed by atoms with Crippen LogP contribution < -0.4 is 5.32 Å². The van der Waals surface area contributed by atoms with Gasteiger partial charge < -0.3 is 10.4 Å². The first-order valence-electron chi connectivity index (χ1n) is 6.83. The zero-order chi connectivity index (χ0) is 14.5. The van der Waals surface area contributed by atoms with E-state index in [4.69, 9.17) is 11.6 Å². The number of hydrogen-bond acceptors (Lipinski definition) is 2. The summed E-state index contributed by atoms with van der Waals surface area (Å²) in [5.41, 5.74) is 3.26. The molecule has 2 nitrogen and oxygen atoms in total. The molecule has 20 heavy (non-hydrogen) atoms. The SMILES string of the molecule is Cc1ccc(C(C)NCCc2ccc(Cl)cc2)c(O)c1. The largest absolute Gasteiger partial charge is 0.508 e. The highest BCUT2D eigenvalue weighted by molar-refractivity contribution is 6.30. The number of halogens is 1. The van der Waals surface area contributed by atoms with Gasteiger partial charge in [0.1, 0.15) is 5.75 Å². The Kier molecular flexibility index (Phi) is 5.05. The Labute approximate surface area is 125 Å². The lowest BCUT2D eigenvalue weighted by Crippen LogP contribution is -2.21. The average molecular weight is 290 g/mol. The molecule has 0 aliphatic heterocycles. The number of nitrogens with one attached hydrogen (secondary N) is 1. The molecule has 1 atom stereocenters. The van der Waals surface area contributed by atoms with Crippen molar-refractivity contribution in [2.75, 3.05) is 6.54 Å². The van der Waals surface area contributed by atoms with Crippen molar-refractivity contribution in [1.29, 1.82) is 0 Å². The molecule has 2 aromatic carbocycles. The molecule has 0 spiro atoms. The summed E-state index contributed by atoms with van der Waals surface area (Å²) in [6.07, 6.45) is 0.939. The normalized spacial score (nSPS) is 12.3. The van der Waals surface area contributed by atoms with Crippen LogP contribution in [-0.2, 0) is 6.42 Å². The lowest BCUT2D eigenvalue weighted by molar-refractivity contribution is 0.452. The van der Waals surface area contributed by atoms with Crippen molar-refractivity contribution < 1.29 is 5.11 Å². The lowest BCUT2D eigenvalue weighted by Gasteiger charge is -2.16. The van der Waals surface area contributed by atoms with Gasteiger partial charge in [-0.05, 0) is 56.1 Å². The summed E-state index contributed by atoms with van der Waals surface area (Å²) in [5, 5.41) is 14.1. The maximum atomic E-state index is 9.95. The summed E-state index contributed by atoms with van der Waals surface area (Å²) in [6, 6.07) is 13.8. The third-order valence-electron chi connectivity index (χ3n) is 3.43. The van der Waals surface area contributed by atoms with Gasteiger partial charge in [0, 0.05) is 16.6 Å². The van der Waals surface area contributed by atoms with Crippen molar-refractivity contribution >= 4 is 11.6 Å². The standard InChI is InChI=1S/C17H20ClNO/c1-12-3-8-16(17(20)11-12)13(2)19-10-9-14-4-6-15(18)7-5-14/h3-8,11,13,19-20H,9-10H2,1-2H3. The number of aryl methyl sites for hydroxylation is 1. The van der Waals surface area contributed by atoms with Gasteiger partial charge in [0.15, 0.2) is 0 Å². The van der Waals surface area contributed by atoms with Crippen LogP contribution >= 0.6 is 11.6 Å². The second kappa shape index (κ2) is 6.78. The van der Waals surface area contributed by atoms with E-state index in [0.29, 0.717) is 5.75 Å². The number of benzene rings is 2. The van der Waals surface area contributed by atoms with E-state index in [-0.39, 0.29) is 6.04 Å². The van der Waals surface area contributed by atoms with Crippen LogP contribution in [0.2, 0.25) is 5.02 Å². The van der Waals surface area contributed by atoms with Gasteiger partial charge in [-0.3, -0.25) is 0 Å². The monoisotopic (exact) mass is 289 g/mol. The fourth-order valence-electron chi connectivity index (χ4n) is 2.21. The van der Waals surface area contributed by atoms with Crippen LogP contribution in [0.3, 0.4) is 0 Å². The Morgan fingerprint density at radius 3 is 2.50 bits per heavy atom. The van der Waals surface area contributed by atoms with Gasteiger partial charge in [-0.25, -0.2) is 0 Å². The molecule has 0 amide bonds. The van der Waals surface area contributed by atoms with Crippen molar-refractivity contribution in [2.45, 2.75) is 26.3 Å². The molecule has 2 aromatic rings. The fourth-order valence-corrected chi connectivity index (χ4v) is 2.34. The summed E-state index contributed by atoms with van der Waals surface area (Å²) in [7, 11) is 0. The second-order valence-corrected chi connectivity index (χ2v) is 5.55. The van der Waals surface area contributed by atoms with E-state index < -0.39 is 0 Å². The highest BCUT2D eigenvalue weighted by atomic mass is 35.5. The molecule has 0 aliphatic carbocycles. The van der Waals surface area contributed by atoms with E-state index in [9.17, 15) is 5.11 Å². The van der Waals surface area contributed by atoms with E-state index in [1.54, 1.807) is 6.07 Å². The Balaban J connectivity index is 1.88. The van der Waals surface area contributed by atoms with Crippen molar-refractivity contribution in [3.05, 3.63) is 64.2 Å². The van der Waals surface area contributed by atoms with Crippen LogP contribution in [0.5, 0.6) is 5.75 Å². The van der Waals surface area contributed by atoms with Crippen molar-refractivity contribution in [1.82, 2.24) is 5.32 Å². The maximum absolute atomic E-state index is 9.95. The summed E-state index contributed by atoms with van der Waals surface area (Å²) in [6.45, 7) is 4.89. The van der Waals surface area contributed by atoms with Crippen molar-refractivity contribution in [2.24, 2.45) is 0 Å². The van der Waals surface area contributed by atoms with Crippen molar-refractivity contribution in [3.63, 3.8) is 0 Å². The van der Waals surface area contributed by atoms with E-state index in [2.05, 4.69) is 12.2 Å². The van der Waals surface area contributed by atoms with Crippen LogP contribution in [0.15, 0.2) is 42.5 Å². The Morgan fingerprint density at radius 2 is 1.85 bits per heavy atom. The van der Waals surface area contributed by atoms with Gasteiger partial charge in [-0.1, -0.05) is 35.9 Å². The fraction of sp³-hybridized carbons (Fsp3) is 0.294. The first-order chi connectivity index (χ1) is 9.56. The van der Waals surface area contributed by atoms with E-state index >= 15 is 0 Å². The topological polar surface area (TPSA) is 32.3 Å². The zero-order valence-electron chi connectivity index (χ0n) is 11.9. The first-order valence-corrected chi connectivity index (χ1v) is 7.21. The minimum Gasteiger partial charge on any atom is -0.508 e. The Morgan fingerprint density at radius 1 is 1.15 bits per heavy atom.